The van der Waals surface area contributed by atoms with Crippen LogP contribution in [0.5, 0.6) is 11.5 Å². The number of nitrogen functional groups attached to an aromatic ring is 1. The quantitative estimate of drug-likeness (QED) is 0.813. The van der Waals surface area contributed by atoms with E-state index in [4.69, 9.17) is 22.1 Å². The lowest BCUT2D eigenvalue weighted by molar-refractivity contribution is 0.478. The van der Waals surface area contributed by atoms with Gasteiger partial charge in [0, 0.05) is 11.1 Å². The van der Waals surface area contributed by atoms with Crippen molar-refractivity contribution in [1.82, 2.24) is 0 Å². The largest absolute Gasteiger partial charge is 0.455 e. The van der Waals surface area contributed by atoms with Crippen LogP contribution < -0.4 is 10.5 Å². The molecule has 0 aliphatic carbocycles. The SMILES string of the molecule is Cc1cc(Oc2cc(F)ccc2N)cc(C)c1Cl. The third-order valence-corrected chi connectivity index (χ3v) is 3.21. The average Bonchev–Trinajstić information content (AvgIpc) is 2.31. The summed E-state index contributed by atoms with van der Waals surface area (Å²) in [4.78, 5) is 0. The predicted octanol–water partition coefficient (Wildman–Crippen LogP) is 4.47. The van der Waals surface area contributed by atoms with E-state index in [-0.39, 0.29) is 5.82 Å². The maximum absolute atomic E-state index is 13.1. The van der Waals surface area contributed by atoms with Crippen molar-refractivity contribution < 1.29 is 9.13 Å². The van der Waals surface area contributed by atoms with Gasteiger partial charge in [0.2, 0.25) is 0 Å². The van der Waals surface area contributed by atoms with Gasteiger partial charge in [0.25, 0.3) is 0 Å². The second-order valence-electron chi connectivity index (χ2n) is 4.16. The highest BCUT2D eigenvalue weighted by molar-refractivity contribution is 6.32. The van der Waals surface area contributed by atoms with Gasteiger partial charge in [-0.05, 0) is 49.2 Å². The minimum atomic E-state index is -0.387. The molecule has 4 heteroatoms. The Morgan fingerprint density at radius 3 is 2.33 bits per heavy atom. The zero-order valence-corrected chi connectivity index (χ0v) is 10.9. The molecule has 0 heterocycles. The first-order chi connectivity index (χ1) is 8.47. The number of benzene rings is 2. The number of hydrogen-bond donors (Lipinski definition) is 1. The summed E-state index contributed by atoms with van der Waals surface area (Å²) in [7, 11) is 0. The first kappa shape index (κ1) is 12.7. The van der Waals surface area contributed by atoms with Gasteiger partial charge >= 0.3 is 0 Å². The first-order valence-electron chi connectivity index (χ1n) is 5.47. The lowest BCUT2D eigenvalue weighted by Gasteiger charge is -2.11. The van der Waals surface area contributed by atoms with Crippen LogP contribution in [0.15, 0.2) is 30.3 Å². The summed E-state index contributed by atoms with van der Waals surface area (Å²) < 4.78 is 18.7. The van der Waals surface area contributed by atoms with Gasteiger partial charge in [-0.25, -0.2) is 4.39 Å². The molecule has 0 spiro atoms. The molecule has 2 nitrogen and oxygen atoms in total. The molecule has 0 unspecified atom stereocenters. The Kier molecular flexibility index (Phi) is 3.43. The standard InChI is InChI=1S/C14H13ClFNO/c1-8-5-11(6-9(2)14(8)15)18-13-7-10(16)3-4-12(13)17/h3-7H,17H2,1-2H3. The molecular formula is C14H13ClFNO. The van der Waals surface area contributed by atoms with E-state index < -0.39 is 0 Å². The van der Waals surface area contributed by atoms with Crippen LogP contribution in [0.1, 0.15) is 11.1 Å². The zero-order valence-electron chi connectivity index (χ0n) is 10.1. The van der Waals surface area contributed by atoms with E-state index in [1.54, 1.807) is 12.1 Å². The van der Waals surface area contributed by atoms with E-state index in [0.29, 0.717) is 22.2 Å². The Balaban J connectivity index is 2.37. The van der Waals surface area contributed by atoms with Crippen LogP contribution in [-0.2, 0) is 0 Å². The Hall–Kier alpha value is -1.74. The average molecular weight is 266 g/mol. The van der Waals surface area contributed by atoms with Crippen molar-refractivity contribution in [2.45, 2.75) is 13.8 Å². The number of rotatable bonds is 2. The minimum absolute atomic E-state index is 0.302. The Bertz CT molecular complexity index is 575. The van der Waals surface area contributed by atoms with Gasteiger partial charge in [0.1, 0.15) is 11.6 Å². The third-order valence-electron chi connectivity index (χ3n) is 2.61. The smallest absolute Gasteiger partial charge is 0.153 e. The second-order valence-corrected chi connectivity index (χ2v) is 4.53. The van der Waals surface area contributed by atoms with E-state index in [0.717, 1.165) is 11.1 Å². The van der Waals surface area contributed by atoms with Crippen LogP contribution in [0.3, 0.4) is 0 Å². The van der Waals surface area contributed by atoms with Crippen LogP contribution in [0.4, 0.5) is 10.1 Å². The molecule has 0 bridgehead atoms. The molecule has 2 rings (SSSR count). The number of nitrogens with two attached hydrogens (primary N) is 1. The molecule has 0 radical (unpaired) electrons. The molecule has 0 amide bonds. The van der Waals surface area contributed by atoms with Gasteiger partial charge in [-0.15, -0.1) is 0 Å². The molecule has 0 aliphatic heterocycles. The van der Waals surface area contributed by atoms with Crippen molar-refractivity contribution in [3.8, 4) is 11.5 Å². The van der Waals surface area contributed by atoms with Gasteiger partial charge in [-0.2, -0.15) is 0 Å². The van der Waals surface area contributed by atoms with Crippen LogP contribution in [0.25, 0.3) is 0 Å². The Morgan fingerprint density at radius 2 is 1.72 bits per heavy atom. The lowest BCUT2D eigenvalue weighted by atomic mass is 10.1. The van der Waals surface area contributed by atoms with Crippen molar-refractivity contribution in [2.24, 2.45) is 0 Å². The molecule has 2 aromatic carbocycles. The van der Waals surface area contributed by atoms with Gasteiger partial charge in [-0.1, -0.05) is 11.6 Å². The van der Waals surface area contributed by atoms with Crippen molar-refractivity contribution in [2.75, 3.05) is 5.73 Å². The molecule has 2 N–H and O–H groups in total. The van der Waals surface area contributed by atoms with Gasteiger partial charge in [-0.3, -0.25) is 0 Å². The molecule has 0 atom stereocenters. The van der Waals surface area contributed by atoms with Crippen molar-refractivity contribution in [3.63, 3.8) is 0 Å². The van der Waals surface area contributed by atoms with Crippen LogP contribution in [0.2, 0.25) is 5.02 Å². The summed E-state index contributed by atoms with van der Waals surface area (Å²) in [5.41, 5.74) is 7.92. The predicted molar refractivity (Wildman–Crippen MR) is 71.8 cm³/mol. The highest BCUT2D eigenvalue weighted by Gasteiger charge is 2.07. The first-order valence-corrected chi connectivity index (χ1v) is 5.85. The van der Waals surface area contributed by atoms with Crippen LogP contribution in [0, 0.1) is 19.7 Å². The number of halogens is 2. The molecule has 0 aliphatic rings. The topological polar surface area (TPSA) is 35.2 Å². The number of aryl methyl sites for hydroxylation is 2. The molecule has 2 aromatic rings. The number of anilines is 1. The lowest BCUT2D eigenvalue weighted by Crippen LogP contribution is -1.94. The van der Waals surface area contributed by atoms with Gasteiger partial charge < -0.3 is 10.5 Å². The molecule has 18 heavy (non-hydrogen) atoms. The number of ether oxygens (including phenoxy) is 1. The second kappa shape index (κ2) is 4.86. The summed E-state index contributed by atoms with van der Waals surface area (Å²) in [6, 6.07) is 7.61. The summed E-state index contributed by atoms with van der Waals surface area (Å²) in [6.45, 7) is 3.77. The molecule has 94 valence electrons. The third kappa shape index (κ3) is 2.57. The fraction of sp³-hybridized carbons (Fsp3) is 0.143. The normalized spacial score (nSPS) is 10.4. The summed E-state index contributed by atoms with van der Waals surface area (Å²) >= 11 is 6.07. The van der Waals surface area contributed by atoms with Gasteiger partial charge in [0.15, 0.2) is 5.75 Å². The summed E-state index contributed by atoms with van der Waals surface area (Å²) in [5.74, 6) is 0.504. The highest BCUT2D eigenvalue weighted by Crippen LogP contribution is 2.32. The molecule has 0 fully saturated rings. The maximum Gasteiger partial charge on any atom is 0.153 e. The van der Waals surface area contributed by atoms with Crippen molar-refractivity contribution >= 4 is 17.3 Å². The zero-order chi connectivity index (χ0) is 13.3. The monoisotopic (exact) mass is 265 g/mol. The number of hydrogen-bond acceptors (Lipinski definition) is 2. The minimum Gasteiger partial charge on any atom is -0.455 e. The molecule has 0 saturated carbocycles. The van der Waals surface area contributed by atoms with E-state index in [2.05, 4.69) is 0 Å². The van der Waals surface area contributed by atoms with Crippen molar-refractivity contribution in [3.05, 3.63) is 52.3 Å². The highest BCUT2D eigenvalue weighted by atomic mass is 35.5. The maximum atomic E-state index is 13.1. The van der Waals surface area contributed by atoms with E-state index >= 15 is 0 Å². The Morgan fingerprint density at radius 1 is 1.11 bits per heavy atom. The van der Waals surface area contributed by atoms with E-state index in [9.17, 15) is 4.39 Å². The van der Waals surface area contributed by atoms with Crippen molar-refractivity contribution in [1.29, 1.82) is 0 Å². The summed E-state index contributed by atoms with van der Waals surface area (Å²) in [6.07, 6.45) is 0. The Labute approximate surface area is 110 Å². The summed E-state index contributed by atoms with van der Waals surface area (Å²) in [5, 5.41) is 0.703. The molecule has 0 saturated heterocycles. The van der Waals surface area contributed by atoms with Gasteiger partial charge in [0.05, 0.1) is 5.69 Å². The fourth-order valence-electron chi connectivity index (χ4n) is 1.69. The van der Waals surface area contributed by atoms with E-state index in [1.165, 1.54) is 18.2 Å². The van der Waals surface area contributed by atoms with Crippen LogP contribution in [-0.4, -0.2) is 0 Å². The van der Waals surface area contributed by atoms with E-state index in [1.807, 2.05) is 13.8 Å². The van der Waals surface area contributed by atoms with Crippen LogP contribution >= 0.6 is 11.6 Å². The molecular weight excluding hydrogens is 253 g/mol. The fourth-order valence-corrected chi connectivity index (χ4v) is 1.80. The molecule has 0 aromatic heterocycles.